The van der Waals surface area contributed by atoms with Gasteiger partial charge in [0.1, 0.15) is 5.82 Å². The van der Waals surface area contributed by atoms with E-state index in [4.69, 9.17) is 4.98 Å². The number of pyridine rings is 1. The maximum Gasteiger partial charge on any atom is 0.235 e. The highest BCUT2D eigenvalue weighted by atomic mass is 16.2. The zero-order chi connectivity index (χ0) is 21.4. The monoisotopic (exact) mass is 424 g/mol. The fourth-order valence-corrected chi connectivity index (χ4v) is 5.52. The van der Waals surface area contributed by atoms with Crippen molar-refractivity contribution in [2.75, 3.05) is 31.1 Å². The number of anilines is 1. The molecular formula is C23H32N6O2. The number of piperidine rings is 3. The summed E-state index contributed by atoms with van der Waals surface area (Å²) in [5, 5.41) is 11.4. The van der Waals surface area contributed by atoms with E-state index in [2.05, 4.69) is 26.7 Å². The van der Waals surface area contributed by atoms with Crippen LogP contribution < -0.4 is 15.5 Å². The van der Waals surface area contributed by atoms with Crippen molar-refractivity contribution >= 4 is 28.7 Å². The van der Waals surface area contributed by atoms with E-state index in [1.165, 1.54) is 45.2 Å². The number of nitrogens with one attached hydrogen (secondary N) is 2. The molecule has 0 aliphatic carbocycles. The largest absolute Gasteiger partial charge is 0.357 e. The number of aromatic nitrogens is 3. The molecule has 5 rings (SSSR count). The fourth-order valence-electron chi connectivity index (χ4n) is 5.52. The summed E-state index contributed by atoms with van der Waals surface area (Å²) in [6.45, 7) is 4.45. The predicted molar refractivity (Wildman–Crippen MR) is 119 cm³/mol. The number of aryl methyl sites for hydroxylation is 1. The molecule has 2 aromatic heterocycles. The lowest BCUT2D eigenvalue weighted by Gasteiger charge is -2.35. The molecule has 5 heterocycles. The van der Waals surface area contributed by atoms with Gasteiger partial charge >= 0.3 is 0 Å². The second-order valence-corrected chi connectivity index (χ2v) is 9.41. The molecule has 0 aromatic carbocycles. The van der Waals surface area contributed by atoms with Crippen molar-refractivity contribution in [3.63, 3.8) is 0 Å². The Bertz CT molecular complexity index is 972. The van der Waals surface area contributed by atoms with Gasteiger partial charge in [0.05, 0.1) is 11.6 Å². The lowest BCUT2D eigenvalue weighted by atomic mass is 9.83. The summed E-state index contributed by atoms with van der Waals surface area (Å²) in [4.78, 5) is 31.1. The Balaban J connectivity index is 1.28. The summed E-state index contributed by atoms with van der Waals surface area (Å²) in [7, 11) is 1.87. The molecule has 0 saturated carbocycles. The number of hydrogen-bond donors (Lipinski definition) is 2. The molecule has 0 radical (unpaired) electrons. The van der Waals surface area contributed by atoms with Crippen molar-refractivity contribution in [2.24, 2.45) is 18.9 Å². The van der Waals surface area contributed by atoms with Crippen LogP contribution in [-0.4, -0.2) is 52.8 Å². The summed E-state index contributed by atoms with van der Waals surface area (Å²) in [6, 6.07) is 4.11. The van der Waals surface area contributed by atoms with Crippen LogP contribution in [-0.2, 0) is 16.6 Å². The molecule has 1 atom stereocenters. The first-order valence-electron chi connectivity index (χ1n) is 11.7. The van der Waals surface area contributed by atoms with E-state index in [1.807, 2.05) is 13.1 Å². The van der Waals surface area contributed by atoms with Crippen LogP contribution in [0.2, 0.25) is 0 Å². The molecule has 166 valence electrons. The second kappa shape index (κ2) is 8.57. The minimum Gasteiger partial charge on any atom is -0.357 e. The number of fused-ring (bicyclic) bond motifs is 1. The molecule has 0 spiro atoms. The summed E-state index contributed by atoms with van der Waals surface area (Å²) >= 11 is 0. The van der Waals surface area contributed by atoms with Gasteiger partial charge in [-0.05, 0) is 75.6 Å². The minimum atomic E-state index is -0.389. The lowest BCUT2D eigenvalue weighted by Crippen LogP contribution is -2.39. The van der Waals surface area contributed by atoms with Gasteiger partial charge in [0.2, 0.25) is 11.8 Å². The Labute approximate surface area is 182 Å². The van der Waals surface area contributed by atoms with Crippen LogP contribution in [0.3, 0.4) is 0 Å². The maximum atomic E-state index is 12.3. The summed E-state index contributed by atoms with van der Waals surface area (Å²) in [5.74, 6) is 1.87. The molecule has 8 nitrogen and oxygen atoms in total. The third-order valence-electron chi connectivity index (χ3n) is 7.33. The first kappa shape index (κ1) is 20.4. The molecular weight excluding hydrogens is 392 g/mol. The van der Waals surface area contributed by atoms with Gasteiger partial charge in [-0.25, -0.2) is 4.98 Å². The third kappa shape index (κ3) is 4.18. The van der Waals surface area contributed by atoms with E-state index in [9.17, 15) is 9.59 Å². The van der Waals surface area contributed by atoms with Crippen molar-refractivity contribution in [1.82, 2.24) is 25.4 Å². The Hall–Kier alpha value is -2.48. The van der Waals surface area contributed by atoms with Crippen molar-refractivity contribution in [1.29, 1.82) is 0 Å². The molecule has 2 aromatic rings. The number of amides is 2. The zero-order valence-electron chi connectivity index (χ0n) is 18.3. The molecule has 8 heteroatoms. The van der Waals surface area contributed by atoms with Crippen LogP contribution in [0.4, 0.5) is 5.82 Å². The Morgan fingerprint density at radius 2 is 1.77 bits per heavy atom. The molecule has 3 saturated heterocycles. The number of carbonyl (C=O) groups excluding carboxylic acids is 2. The Morgan fingerprint density at radius 1 is 1.03 bits per heavy atom. The molecule has 2 amide bonds. The molecule has 1 unspecified atom stereocenters. The summed E-state index contributed by atoms with van der Waals surface area (Å²) in [5.41, 5.74) is 1.52. The highest BCUT2D eigenvalue weighted by Crippen LogP contribution is 2.33. The van der Waals surface area contributed by atoms with E-state index < -0.39 is 0 Å². The number of carbonyl (C=O) groups is 2. The van der Waals surface area contributed by atoms with Gasteiger partial charge in [0, 0.05) is 31.9 Å². The van der Waals surface area contributed by atoms with E-state index in [0.717, 1.165) is 47.5 Å². The summed E-state index contributed by atoms with van der Waals surface area (Å²) in [6.07, 6.45) is 7.35. The Morgan fingerprint density at radius 3 is 2.52 bits per heavy atom. The van der Waals surface area contributed by atoms with Gasteiger partial charge in [-0.3, -0.25) is 19.6 Å². The standard InChI is InChI=1S/C23H32N6O2/c1-28-22-17(21(27-28)18-3-5-20(30)26-23(18)31)2-4-19(25-22)29-12-8-16(9-13-29)14-15-6-10-24-11-7-15/h2,4,15-16,18,24H,3,5-14H2,1H3,(H,26,30,31). The number of hydrogen-bond acceptors (Lipinski definition) is 6. The topological polar surface area (TPSA) is 92.2 Å². The lowest BCUT2D eigenvalue weighted by molar-refractivity contribution is -0.134. The normalized spacial score (nSPS) is 24.0. The Kier molecular flexibility index (Phi) is 5.65. The highest BCUT2D eigenvalue weighted by molar-refractivity contribution is 6.02. The van der Waals surface area contributed by atoms with Crippen LogP contribution in [0.15, 0.2) is 12.1 Å². The SMILES string of the molecule is Cn1nc(C2CCC(=O)NC2=O)c2ccc(N3CCC(CC4CCNCC4)CC3)nc21. The van der Waals surface area contributed by atoms with E-state index in [1.54, 1.807) is 4.68 Å². The molecule has 31 heavy (non-hydrogen) atoms. The van der Waals surface area contributed by atoms with Crippen LogP contribution in [0.25, 0.3) is 11.0 Å². The van der Waals surface area contributed by atoms with Crippen molar-refractivity contribution < 1.29 is 9.59 Å². The first-order valence-corrected chi connectivity index (χ1v) is 11.7. The third-order valence-corrected chi connectivity index (χ3v) is 7.33. The molecule has 2 N–H and O–H groups in total. The minimum absolute atomic E-state index is 0.203. The van der Waals surface area contributed by atoms with Gasteiger partial charge in [0.15, 0.2) is 5.65 Å². The van der Waals surface area contributed by atoms with Crippen molar-refractivity contribution in [3.8, 4) is 0 Å². The average molecular weight is 425 g/mol. The predicted octanol–water partition coefficient (Wildman–Crippen LogP) is 2.09. The van der Waals surface area contributed by atoms with E-state index >= 15 is 0 Å². The first-order chi connectivity index (χ1) is 15.1. The zero-order valence-corrected chi connectivity index (χ0v) is 18.3. The molecule has 0 bridgehead atoms. The van der Waals surface area contributed by atoms with Crippen LogP contribution in [0.1, 0.15) is 56.6 Å². The molecule has 3 aliphatic rings. The van der Waals surface area contributed by atoms with Crippen LogP contribution in [0, 0.1) is 11.8 Å². The van der Waals surface area contributed by atoms with Gasteiger partial charge in [-0.2, -0.15) is 5.10 Å². The summed E-state index contributed by atoms with van der Waals surface area (Å²) < 4.78 is 1.77. The van der Waals surface area contributed by atoms with E-state index in [-0.39, 0.29) is 17.7 Å². The van der Waals surface area contributed by atoms with Gasteiger partial charge in [-0.1, -0.05) is 0 Å². The van der Waals surface area contributed by atoms with Gasteiger partial charge in [0.25, 0.3) is 0 Å². The molecule has 3 aliphatic heterocycles. The second-order valence-electron chi connectivity index (χ2n) is 9.41. The number of rotatable bonds is 4. The number of imide groups is 1. The van der Waals surface area contributed by atoms with Crippen molar-refractivity contribution in [3.05, 3.63) is 17.8 Å². The fraction of sp³-hybridized carbons (Fsp3) is 0.652. The maximum absolute atomic E-state index is 12.3. The smallest absolute Gasteiger partial charge is 0.235 e. The number of nitrogens with zero attached hydrogens (tertiary/aromatic N) is 4. The quantitative estimate of drug-likeness (QED) is 0.731. The van der Waals surface area contributed by atoms with E-state index in [0.29, 0.717) is 12.8 Å². The highest BCUT2D eigenvalue weighted by Gasteiger charge is 2.32. The average Bonchev–Trinajstić information content (AvgIpc) is 3.11. The van der Waals surface area contributed by atoms with Gasteiger partial charge < -0.3 is 10.2 Å². The molecule has 3 fully saturated rings. The van der Waals surface area contributed by atoms with Crippen LogP contribution >= 0.6 is 0 Å². The van der Waals surface area contributed by atoms with Crippen molar-refractivity contribution in [2.45, 2.75) is 50.9 Å². The van der Waals surface area contributed by atoms with Crippen LogP contribution in [0.5, 0.6) is 0 Å². The van der Waals surface area contributed by atoms with Gasteiger partial charge in [-0.15, -0.1) is 0 Å².